The Morgan fingerprint density at radius 3 is 2.24 bits per heavy atom. The highest BCUT2D eigenvalue weighted by molar-refractivity contribution is 6.31. The van der Waals surface area contributed by atoms with Gasteiger partial charge in [0.2, 0.25) is 11.7 Å². The molecule has 324 valence electrons. The van der Waals surface area contributed by atoms with Crippen LogP contribution in [-0.2, 0) is 31.8 Å². The molecule has 1 heterocycles. The van der Waals surface area contributed by atoms with Crippen LogP contribution in [0.15, 0.2) is 23.3 Å². The van der Waals surface area contributed by atoms with E-state index < -0.39 is 36.2 Å². The molecule has 5 unspecified atom stereocenters. The number of amides is 1. The van der Waals surface area contributed by atoms with Gasteiger partial charge in [-0.1, -0.05) is 26.0 Å². The number of carbonyl (C=O) groups is 3. The van der Waals surface area contributed by atoms with Gasteiger partial charge in [-0.3, -0.25) is 14.4 Å². The summed E-state index contributed by atoms with van der Waals surface area (Å²) in [6.07, 6.45) is 1.54. The minimum Gasteiger partial charge on any atom is -0.507 e. The van der Waals surface area contributed by atoms with Crippen LogP contribution < -0.4 is 15.9 Å². The van der Waals surface area contributed by atoms with E-state index >= 15 is 0 Å². The van der Waals surface area contributed by atoms with Crippen LogP contribution in [0.5, 0.6) is 17.2 Å². The third-order valence-corrected chi connectivity index (χ3v) is 10.7. The molecule has 58 heavy (non-hydrogen) atoms. The predicted molar refractivity (Wildman–Crippen MR) is 219 cm³/mol. The van der Waals surface area contributed by atoms with Crippen LogP contribution in [0.2, 0.25) is 0 Å². The number of phenols is 2. The Labute approximate surface area is 341 Å². The van der Waals surface area contributed by atoms with Crippen molar-refractivity contribution in [1.29, 1.82) is 0 Å². The first-order valence-electron chi connectivity index (χ1n) is 20.2. The normalized spacial score (nSPS) is 21.7. The van der Waals surface area contributed by atoms with Crippen molar-refractivity contribution in [3.05, 3.63) is 51.6 Å². The molecule has 15 nitrogen and oxygen atoms in total. The number of hydrogen-bond acceptors (Lipinski definition) is 14. The molecule has 1 saturated heterocycles. The fourth-order valence-corrected chi connectivity index (χ4v) is 7.42. The van der Waals surface area contributed by atoms with E-state index in [9.17, 15) is 34.8 Å². The highest BCUT2D eigenvalue weighted by Gasteiger charge is 2.41. The Hall–Kier alpha value is -3.96. The van der Waals surface area contributed by atoms with E-state index in [1.165, 1.54) is 13.2 Å². The molecule has 2 aliphatic carbocycles. The minimum absolute atomic E-state index is 0.0499. The fourth-order valence-electron chi connectivity index (χ4n) is 7.42. The van der Waals surface area contributed by atoms with E-state index in [-0.39, 0.29) is 88.3 Å². The third-order valence-electron chi connectivity index (χ3n) is 10.7. The molecule has 15 heteroatoms. The molecule has 0 saturated carbocycles. The topological polar surface area (TPSA) is 240 Å². The number of rotatable bonds is 14. The molecule has 1 aliphatic heterocycles. The number of ketones is 2. The maximum Gasteiger partial charge on any atom is 0.240 e. The number of aliphatic hydroxyl groups is 3. The lowest BCUT2D eigenvalue weighted by atomic mass is 9.74. The van der Waals surface area contributed by atoms with Gasteiger partial charge in [-0.2, -0.15) is 5.10 Å². The van der Waals surface area contributed by atoms with Crippen molar-refractivity contribution in [2.75, 3.05) is 26.9 Å². The molecule has 0 aromatic heterocycles. The molecular formula is C43H65N3O12. The van der Waals surface area contributed by atoms with Crippen molar-refractivity contribution in [1.82, 2.24) is 5.43 Å². The van der Waals surface area contributed by atoms with Crippen LogP contribution in [0.25, 0.3) is 0 Å². The van der Waals surface area contributed by atoms with Crippen molar-refractivity contribution in [2.24, 2.45) is 16.8 Å². The van der Waals surface area contributed by atoms with Crippen LogP contribution in [0.3, 0.4) is 0 Å². The zero-order chi connectivity index (χ0) is 43.5. The van der Waals surface area contributed by atoms with E-state index in [0.29, 0.717) is 55.7 Å². The number of phenolic OH excluding ortho intramolecular Hbond substituents is 2. The molecular weight excluding hydrogens is 750 g/mol. The number of nitrogens with zero attached hydrogens (tertiary/aromatic N) is 1. The molecule has 3 aliphatic rings. The Bertz CT molecular complexity index is 1760. The molecule has 5 atom stereocenters. The maximum atomic E-state index is 13.5. The minimum atomic E-state index is -0.812. The molecule has 1 amide bonds. The second-order valence-corrected chi connectivity index (χ2v) is 15.8. The molecule has 8 N–H and O–H groups in total. The summed E-state index contributed by atoms with van der Waals surface area (Å²) in [6.45, 7) is 16.5. The van der Waals surface area contributed by atoms with Crippen molar-refractivity contribution in [2.45, 2.75) is 142 Å². The summed E-state index contributed by atoms with van der Waals surface area (Å²) in [4.78, 5) is 39.6. The van der Waals surface area contributed by atoms with Crippen LogP contribution in [0, 0.1) is 5.92 Å². The lowest BCUT2D eigenvalue weighted by Crippen LogP contribution is -2.51. The summed E-state index contributed by atoms with van der Waals surface area (Å²) >= 11 is 0. The van der Waals surface area contributed by atoms with Gasteiger partial charge in [0.15, 0.2) is 12.1 Å². The predicted octanol–water partition coefficient (Wildman–Crippen LogP) is 4.45. The monoisotopic (exact) mass is 815 g/mol. The highest BCUT2D eigenvalue weighted by atomic mass is 16.6. The zero-order valence-corrected chi connectivity index (χ0v) is 35.5. The molecule has 2 aromatic carbocycles. The van der Waals surface area contributed by atoms with Crippen LogP contribution in [0.1, 0.15) is 137 Å². The fraction of sp³-hybridized carbons (Fsp3) is 0.628. The number of nitrogens with one attached hydrogen (secondary N) is 1. The average Bonchev–Trinajstić information content (AvgIpc) is 3.17. The van der Waals surface area contributed by atoms with Gasteiger partial charge < -0.3 is 50.2 Å². The molecule has 5 rings (SSSR count). The second kappa shape index (κ2) is 21.3. The van der Waals surface area contributed by atoms with Gasteiger partial charge in [0.25, 0.3) is 0 Å². The van der Waals surface area contributed by atoms with Crippen LogP contribution >= 0.6 is 0 Å². The largest absolute Gasteiger partial charge is 0.507 e. The number of hydrogen-bond donors (Lipinski definition) is 7. The number of aliphatic hydroxyl groups excluding tert-OH is 3. The van der Waals surface area contributed by atoms with Crippen molar-refractivity contribution >= 4 is 23.2 Å². The van der Waals surface area contributed by atoms with Gasteiger partial charge in [-0.15, -0.1) is 0 Å². The van der Waals surface area contributed by atoms with E-state index in [1.54, 1.807) is 19.1 Å². The van der Waals surface area contributed by atoms with E-state index in [4.69, 9.17) is 29.8 Å². The first-order valence-corrected chi connectivity index (χ1v) is 20.2. The van der Waals surface area contributed by atoms with Gasteiger partial charge in [0, 0.05) is 48.1 Å². The van der Waals surface area contributed by atoms with Gasteiger partial charge in [-0.25, -0.2) is 5.43 Å². The highest BCUT2D eigenvalue weighted by Crippen LogP contribution is 2.47. The lowest BCUT2D eigenvalue weighted by molar-refractivity contribution is -0.198. The molecule has 0 spiro atoms. The van der Waals surface area contributed by atoms with Crippen LogP contribution in [-0.4, -0.2) is 111 Å². The maximum absolute atomic E-state index is 13.5. The molecule has 0 radical (unpaired) electrons. The summed E-state index contributed by atoms with van der Waals surface area (Å²) in [5, 5.41) is 55.0. The van der Waals surface area contributed by atoms with Crippen molar-refractivity contribution < 1.29 is 58.9 Å². The van der Waals surface area contributed by atoms with Gasteiger partial charge in [0.1, 0.15) is 17.2 Å². The number of benzene rings is 2. The first-order chi connectivity index (χ1) is 27.4. The SMILES string of the molecule is CC.CC1OC(O)CC(N)C1O.CCOC(C)(C)CCOC(C)(C)CCCC(=O)NN=C(CO)C1CCc2c(O)c3c(c(O)c2C1)C(=O)c1cccc(OC)c1C3=O. The smallest absolute Gasteiger partial charge is 0.240 e. The standard InChI is InChI=1S/C35H46N2O9.C6H13NO3.C2H6/c1-7-45-35(4,5)16-17-46-34(2,3)15-9-12-26(39)37-36-24(19-38)20-13-14-21-23(18-20)32(42)28-29(30(21)40)33(43)27-22(31(28)41)10-8-11-25(27)44-6;1-3-6(9)4(7)2-5(8)10-3;1-2/h8,10-11,20,38,40,42H,7,9,12-19H2,1-6H3,(H,37,39);3-6,8-9H,2,7H2,1H3;1-2H3. The number of fused-ring (bicyclic) bond motifs is 3. The van der Waals surface area contributed by atoms with Gasteiger partial charge >= 0.3 is 0 Å². The van der Waals surface area contributed by atoms with E-state index in [0.717, 1.165) is 6.42 Å². The van der Waals surface area contributed by atoms with Crippen molar-refractivity contribution in [3.63, 3.8) is 0 Å². The summed E-state index contributed by atoms with van der Waals surface area (Å²) < 4.78 is 22.0. The summed E-state index contributed by atoms with van der Waals surface area (Å²) in [7, 11) is 1.39. The number of aromatic hydroxyl groups is 2. The first kappa shape index (κ1) is 48.4. The summed E-state index contributed by atoms with van der Waals surface area (Å²) in [5.74, 6) is -2.37. The Morgan fingerprint density at radius 1 is 0.983 bits per heavy atom. The Kier molecular flexibility index (Phi) is 17.8. The number of hydrazone groups is 1. The van der Waals surface area contributed by atoms with Crippen LogP contribution in [0.4, 0.5) is 0 Å². The summed E-state index contributed by atoms with van der Waals surface area (Å²) in [5.41, 5.74) is 7.99. The zero-order valence-electron chi connectivity index (χ0n) is 35.5. The van der Waals surface area contributed by atoms with E-state index in [2.05, 4.69) is 10.5 Å². The van der Waals surface area contributed by atoms with Gasteiger partial charge in [0.05, 0.1) is 66.1 Å². The number of nitrogens with two attached hydrogens (primary N) is 1. The number of methoxy groups -OCH3 is 1. The van der Waals surface area contributed by atoms with Crippen molar-refractivity contribution in [3.8, 4) is 17.2 Å². The average molecular weight is 816 g/mol. The van der Waals surface area contributed by atoms with Gasteiger partial charge in [-0.05, 0) is 86.1 Å². The molecule has 1 fully saturated rings. The lowest BCUT2D eigenvalue weighted by Gasteiger charge is -2.33. The Morgan fingerprint density at radius 2 is 1.62 bits per heavy atom. The number of ether oxygens (including phenoxy) is 4. The molecule has 2 aromatic rings. The molecule has 0 bridgehead atoms. The second-order valence-electron chi connectivity index (χ2n) is 15.8. The quantitative estimate of drug-likeness (QED) is 0.0677. The summed E-state index contributed by atoms with van der Waals surface area (Å²) in [6, 6.07) is 4.26. The van der Waals surface area contributed by atoms with E-state index in [1.807, 2.05) is 48.5 Å². The Balaban J connectivity index is 0.000000646. The third kappa shape index (κ3) is 11.8. The number of carbonyl (C=O) groups excluding carboxylic acids is 3.